The van der Waals surface area contributed by atoms with Gasteiger partial charge < -0.3 is 15.4 Å². The third-order valence-electron chi connectivity index (χ3n) is 2.39. The third kappa shape index (κ3) is 5.18. The van der Waals surface area contributed by atoms with Crippen LogP contribution in [-0.2, 0) is 11.3 Å². The third-order valence-corrected chi connectivity index (χ3v) is 2.39. The molecule has 5 heteroatoms. The normalized spacial score (nSPS) is 11.0. The van der Waals surface area contributed by atoms with Gasteiger partial charge in [0.25, 0.3) is 0 Å². The maximum absolute atomic E-state index is 11.7. The first-order valence-electron chi connectivity index (χ1n) is 6.31. The number of anilines is 2. The fourth-order valence-electron chi connectivity index (χ4n) is 1.65. The van der Waals surface area contributed by atoms with Gasteiger partial charge in [0.05, 0.1) is 0 Å². The fourth-order valence-corrected chi connectivity index (χ4v) is 1.65. The highest BCUT2D eigenvalue weighted by Crippen LogP contribution is 2.21. The molecule has 0 heterocycles. The van der Waals surface area contributed by atoms with Gasteiger partial charge in [0.15, 0.2) is 0 Å². The molecule has 0 saturated heterocycles. The lowest BCUT2D eigenvalue weighted by molar-refractivity contribution is 0.0636. The number of amides is 1. The maximum atomic E-state index is 11.7. The quantitative estimate of drug-likeness (QED) is 0.783. The Morgan fingerprint density at radius 3 is 2.47 bits per heavy atom. The molecule has 1 rings (SSSR count). The van der Waals surface area contributed by atoms with Crippen molar-refractivity contribution >= 4 is 17.5 Å². The predicted octanol–water partition coefficient (Wildman–Crippen LogP) is 2.79. The van der Waals surface area contributed by atoms with Gasteiger partial charge >= 0.3 is 6.09 Å². The summed E-state index contributed by atoms with van der Waals surface area (Å²) in [7, 11) is 3.75. The van der Waals surface area contributed by atoms with Crippen molar-refractivity contribution in [2.45, 2.75) is 32.9 Å². The van der Waals surface area contributed by atoms with Gasteiger partial charge in [-0.05, 0) is 45.5 Å². The molecule has 5 nitrogen and oxygen atoms in total. The minimum atomic E-state index is -0.498. The summed E-state index contributed by atoms with van der Waals surface area (Å²) in [5.74, 6) is 0. The zero-order chi connectivity index (χ0) is 14.5. The van der Waals surface area contributed by atoms with Crippen LogP contribution in [0.3, 0.4) is 0 Å². The van der Waals surface area contributed by atoms with Crippen molar-refractivity contribution in [1.29, 1.82) is 0 Å². The highest BCUT2D eigenvalue weighted by Gasteiger charge is 2.16. The van der Waals surface area contributed by atoms with Gasteiger partial charge in [0.1, 0.15) is 5.60 Å². The van der Waals surface area contributed by atoms with Crippen molar-refractivity contribution in [3.63, 3.8) is 0 Å². The van der Waals surface area contributed by atoms with E-state index in [1.807, 2.05) is 53.1 Å². The van der Waals surface area contributed by atoms with E-state index in [4.69, 9.17) is 4.74 Å². The summed E-state index contributed by atoms with van der Waals surface area (Å²) in [6.45, 7) is 6.27. The van der Waals surface area contributed by atoms with Gasteiger partial charge in [0, 0.05) is 25.0 Å². The largest absolute Gasteiger partial charge is 0.444 e. The van der Waals surface area contributed by atoms with E-state index in [0.717, 1.165) is 17.8 Å². The monoisotopic (exact) mass is 265 g/mol. The lowest BCUT2D eigenvalue weighted by Gasteiger charge is -2.20. The second-order valence-corrected chi connectivity index (χ2v) is 5.28. The van der Waals surface area contributed by atoms with Crippen LogP contribution in [0, 0.1) is 0 Å². The molecule has 3 N–H and O–H groups in total. The molecule has 1 aromatic rings. The van der Waals surface area contributed by atoms with Gasteiger partial charge in [-0.2, -0.15) is 0 Å². The van der Waals surface area contributed by atoms with Gasteiger partial charge in [-0.15, -0.1) is 0 Å². The summed E-state index contributed by atoms with van der Waals surface area (Å²) in [4.78, 5) is 11.7. The predicted molar refractivity (Wildman–Crippen MR) is 78.6 cm³/mol. The molecule has 0 aliphatic heterocycles. The zero-order valence-electron chi connectivity index (χ0n) is 12.3. The van der Waals surface area contributed by atoms with Crippen LogP contribution in [0.15, 0.2) is 18.2 Å². The lowest BCUT2D eigenvalue weighted by atomic mass is 10.1. The summed E-state index contributed by atoms with van der Waals surface area (Å²) in [5, 5.41) is 8.93. The topological polar surface area (TPSA) is 62.4 Å². The van der Waals surface area contributed by atoms with Crippen molar-refractivity contribution in [3.8, 4) is 0 Å². The smallest absolute Gasteiger partial charge is 0.412 e. The van der Waals surface area contributed by atoms with Gasteiger partial charge in [-0.3, -0.25) is 5.32 Å². The number of nitrogens with one attached hydrogen (secondary N) is 3. The molecule has 0 aliphatic rings. The highest BCUT2D eigenvalue weighted by atomic mass is 16.6. The number of carbonyl (C=O) groups is 1. The van der Waals surface area contributed by atoms with Crippen LogP contribution in [0.1, 0.15) is 26.3 Å². The first-order valence-corrected chi connectivity index (χ1v) is 6.31. The molecular weight excluding hydrogens is 242 g/mol. The Hall–Kier alpha value is -1.75. The van der Waals surface area contributed by atoms with Crippen molar-refractivity contribution < 1.29 is 9.53 Å². The van der Waals surface area contributed by atoms with Crippen molar-refractivity contribution in [3.05, 3.63) is 23.8 Å². The average Bonchev–Trinajstić information content (AvgIpc) is 2.28. The molecule has 0 bridgehead atoms. The molecule has 0 radical (unpaired) electrons. The minimum absolute atomic E-state index is 0.448. The van der Waals surface area contributed by atoms with E-state index in [9.17, 15) is 4.79 Å². The fraction of sp³-hybridized carbons (Fsp3) is 0.500. The molecule has 0 saturated carbocycles. The Bertz CT molecular complexity index is 439. The first-order chi connectivity index (χ1) is 8.85. The van der Waals surface area contributed by atoms with E-state index in [2.05, 4.69) is 16.0 Å². The van der Waals surface area contributed by atoms with Gasteiger partial charge in [0.2, 0.25) is 0 Å². The lowest BCUT2D eigenvalue weighted by Crippen LogP contribution is -2.27. The van der Waals surface area contributed by atoms with Crippen molar-refractivity contribution in [1.82, 2.24) is 5.32 Å². The summed E-state index contributed by atoms with van der Waals surface area (Å²) in [6.07, 6.45) is -0.448. The van der Waals surface area contributed by atoms with Crippen molar-refractivity contribution in [2.24, 2.45) is 0 Å². The minimum Gasteiger partial charge on any atom is -0.444 e. The van der Waals surface area contributed by atoms with Gasteiger partial charge in [-0.1, -0.05) is 6.07 Å². The summed E-state index contributed by atoms with van der Waals surface area (Å²) in [6, 6.07) is 5.71. The summed E-state index contributed by atoms with van der Waals surface area (Å²) < 4.78 is 5.21. The van der Waals surface area contributed by atoms with E-state index in [1.165, 1.54) is 0 Å². The van der Waals surface area contributed by atoms with E-state index < -0.39 is 11.7 Å². The number of rotatable bonds is 4. The van der Waals surface area contributed by atoms with E-state index in [0.29, 0.717) is 5.69 Å². The van der Waals surface area contributed by atoms with Crippen LogP contribution in [0.4, 0.5) is 16.2 Å². The number of carbonyl (C=O) groups excluding carboxylic acids is 1. The Morgan fingerprint density at radius 2 is 1.95 bits per heavy atom. The molecule has 1 aromatic carbocycles. The molecule has 0 atom stereocenters. The van der Waals surface area contributed by atoms with Crippen LogP contribution >= 0.6 is 0 Å². The maximum Gasteiger partial charge on any atom is 0.412 e. The van der Waals surface area contributed by atoms with Crippen LogP contribution in [0.25, 0.3) is 0 Å². The number of benzene rings is 1. The molecule has 0 spiro atoms. The molecule has 106 valence electrons. The van der Waals surface area contributed by atoms with Crippen LogP contribution < -0.4 is 16.0 Å². The first kappa shape index (κ1) is 15.3. The second kappa shape index (κ2) is 6.43. The van der Waals surface area contributed by atoms with Gasteiger partial charge in [-0.25, -0.2) is 4.79 Å². The average molecular weight is 265 g/mol. The Labute approximate surface area is 114 Å². The molecule has 0 fully saturated rings. The zero-order valence-corrected chi connectivity index (χ0v) is 12.3. The number of hydrogen-bond donors (Lipinski definition) is 3. The number of hydrogen-bond acceptors (Lipinski definition) is 4. The molecular formula is C14H23N3O2. The van der Waals surface area contributed by atoms with E-state index >= 15 is 0 Å². The van der Waals surface area contributed by atoms with Crippen molar-refractivity contribution in [2.75, 3.05) is 24.7 Å². The van der Waals surface area contributed by atoms with Crippen LogP contribution in [0.2, 0.25) is 0 Å². The van der Waals surface area contributed by atoms with Crippen LogP contribution in [0.5, 0.6) is 0 Å². The molecule has 0 unspecified atom stereocenters. The number of ether oxygens (including phenoxy) is 1. The molecule has 1 amide bonds. The Balaban J connectivity index is 2.77. The van der Waals surface area contributed by atoms with Crippen LogP contribution in [-0.4, -0.2) is 25.8 Å². The Morgan fingerprint density at radius 1 is 1.26 bits per heavy atom. The van der Waals surface area contributed by atoms with E-state index in [1.54, 1.807) is 0 Å². The SMILES string of the molecule is CNCc1ccc(NC(=O)OC(C)(C)C)cc1NC. The summed E-state index contributed by atoms with van der Waals surface area (Å²) in [5.41, 5.74) is 2.32. The Kier molecular flexibility index (Phi) is 5.18. The molecule has 0 aliphatic carbocycles. The second-order valence-electron chi connectivity index (χ2n) is 5.28. The highest BCUT2D eigenvalue weighted by molar-refractivity contribution is 5.85. The van der Waals surface area contributed by atoms with E-state index in [-0.39, 0.29) is 0 Å². The molecule has 19 heavy (non-hydrogen) atoms. The summed E-state index contributed by atoms with van der Waals surface area (Å²) >= 11 is 0. The molecule has 0 aromatic heterocycles. The standard InChI is InChI=1S/C14H23N3O2/c1-14(2,3)19-13(18)17-11-7-6-10(9-15-4)12(8-11)16-5/h6-8,15-16H,9H2,1-5H3,(H,17,18).